The third kappa shape index (κ3) is 6.58. The number of carbonyl (C=O) groups excluding carboxylic acids is 2. The van der Waals surface area contributed by atoms with Gasteiger partial charge in [-0.25, -0.2) is 8.42 Å². The van der Waals surface area contributed by atoms with Crippen molar-refractivity contribution in [3.63, 3.8) is 0 Å². The summed E-state index contributed by atoms with van der Waals surface area (Å²) in [5, 5.41) is 5.68. The van der Waals surface area contributed by atoms with Gasteiger partial charge in [-0.3, -0.25) is 9.59 Å². The predicted molar refractivity (Wildman–Crippen MR) is 133 cm³/mol. The van der Waals surface area contributed by atoms with E-state index in [4.69, 9.17) is 4.42 Å². The van der Waals surface area contributed by atoms with E-state index in [-0.39, 0.29) is 16.6 Å². The second-order valence-electron chi connectivity index (χ2n) is 8.08. The van der Waals surface area contributed by atoms with Crippen molar-refractivity contribution >= 4 is 21.8 Å². The van der Waals surface area contributed by atoms with E-state index in [0.717, 1.165) is 11.1 Å². The summed E-state index contributed by atoms with van der Waals surface area (Å²) in [5.74, 6) is -0.722. The minimum Gasteiger partial charge on any atom is -0.459 e. The summed E-state index contributed by atoms with van der Waals surface area (Å²) in [4.78, 5) is 25.9. The van der Waals surface area contributed by atoms with Crippen molar-refractivity contribution < 1.29 is 22.4 Å². The van der Waals surface area contributed by atoms with Crippen LogP contribution in [0.2, 0.25) is 0 Å². The van der Waals surface area contributed by atoms with Crippen LogP contribution >= 0.6 is 0 Å². The van der Waals surface area contributed by atoms with Gasteiger partial charge in [0, 0.05) is 19.5 Å². The number of furan rings is 1. The van der Waals surface area contributed by atoms with Gasteiger partial charge in [-0.1, -0.05) is 56.3 Å². The van der Waals surface area contributed by atoms with Crippen LogP contribution in [0.3, 0.4) is 0 Å². The molecule has 0 aliphatic carbocycles. The lowest BCUT2D eigenvalue weighted by Crippen LogP contribution is -2.48. The molecule has 0 saturated heterocycles. The van der Waals surface area contributed by atoms with Crippen molar-refractivity contribution in [2.45, 2.75) is 44.2 Å². The highest BCUT2D eigenvalue weighted by atomic mass is 32.2. The molecule has 0 radical (unpaired) electrons. The van der Waals surface area contributed by atoms with E-state index in [9.17, 15) is 18.0 Å². The predicted octanol–water partition coefficient (Wildman–Crippen LogP) is 3.53. The zero-order valence-electron chi connectivity index (χ0n) is 20.1. The molecule has 8 nitrogen and oxygen atoms in total. The molecule has 0 bridgehead atoms. The lowest BCUT2D eigenvalue weighted by atomic mass is 10.0. The van der Waals surface area contributed by atoms with Crippen LogP contribution in [0.15, 0.2) is 82.3 Å². The number of amides is 2. The summed E-state index contributed by atoms with van der Waals surface area (Å²) in [6, 6.07) is 17.8. The van der Waals surface area contributed by atoms with Crippen molar-refractivity contribution in [3.8, 4) is 0 Å². The van der Waals surface area contributed by atoms with E-state index in [1.165, 1.54) is 16.6 Å². The number of sulfonamides is 1. The third-order valence-electron chi connectivity index (χ3n) is 5.73. The van der Waals surface area contributed by atoms with E-state index in [1.54, 1.807) is 51.1 Å². The van der Waals surface area contributed by atoms with Gasteiger partial charge in [0.2, 0.25) is 15.9 Å². The van der Waals surface area contributed by atoms with Gasteiger partial charge < -0.3 is 15.1 Å². The van der Waals surface area contributed by atoms with E-state index in [0.29, 0.717) is 19.5 Å². The highest BCUT2D eigenvalue weighted by Crippen LogP contribution is 2.20. The number of hydrogen-bond donors (Lipinski definition) is 2. The Morgan fingerprint density at radius 1 is 0.914 bits per heavy atom. The molecule has 0 aliphatic heterocycles. The van der Waals surface area contributed by atoms with Crippen molar-refractivity contribution in [1.29, 1.82) is 0 Å². The molecule has 35 heavy (non-hydrogen) atoms. The van der Waals surface area contributed by atoms with Gasteiger partial charge in [-0.2, -0.15) is 4.31 Å². The molecular weight excluding hydrogens is 466 g/mol. The average molecular weight is 498 g/mol. The van der Waals surface area contributed by atoms with Crippen LogP contribution in [0.5, 0.6) is 0 Å². The Labute approximate surface area is 206 Å². The summed E-state index contributed by atoms with van der Waals surface area (Å²) in [7, 11) is -3.56. The molecule has 0 saturated carbocycles. The molecule has 2 aromatic carbocycles. The quantitative estimate of drug-likeness (QED) is 0.421. The topological polar surface area (TPSA) is 109 Å². The third-order valence-corrected chi connectivity index (χ3v) is 7.80. The molecule has 3 rings (SSSR count). The molecular formula is C26H31N3O5S. The van der Waals surface area contributed by atoms with Gasteiger partial charge in [0.05, 0.1) is 17.2 Å². The summed E-state index contributed by atoms with van der Waals surface area (Å²) in [5.41, 5.74) is 1.64. The van der Waals surface area contributed by atoms with Crippen LogP contribution in [-0.2, 0) is 21.2 Å². The summed E-state index contributed by atoms with van der Waals surface area (Å²) < 4.78 is 32.0. The van der Waals surface area contributed by atoms with Gasteiger partial charge in [0.25, 0.3) is 5.91 Å². The lowest BCUT2D eigenvalue weighted by molar-refractivity contribution is -0.123. The molecule has 0 unspecified atom stereocenters. The second-order valence-corrected chi connectivity index (χ2v) is 10.0. The number of nitrogens with one attached hydrogen (secondary N) is 2. The number of hydrogen-bond acceptors (Lipinski definition) is 5. The molecule has 0 fully saturated rings. The fourth-order valence-corrected chi connectivity index (χ4v) is 5.19. The first-order valence-electron chi connectivity index (χ1n) is 11.5. The van der Waals surface area contributed by atoms with Crippen molar-refractivity contribution in [2.24, 2.45) is 0 Å². The monoisotopic (exact) mass is 497 g/mol. The standard InChI is InChI=1S/C26H31N3O5S/c1-4-29(5-2)35(32,33)22-15-13-21(14-16-22)19(3)27-25(30)23(18-20-10-7-6-8-11-20)28-26(31)24-12-9-17-34-24/h6-17,19,23H,4-5,18H2,1-3H3,(H,27,30)(H,28,31)/t19-,23+/m0/s1. The van der Waals surface area contributed by atoms with Gasteiger partial charge in [0.15, 0.2) is 5.76 Å². The van der Waals surface area contributed by atoms with E-state index in [2.05, 4.69) is 10.6 Å². The first-order valence-corrected chi connectivity index (χ1v) is 13.0. The molecule has 9 heteroatoms. The zero-order valence-corrected chi connectivity index (χ0v) is 20.9. The Morgan fingerprint density at radius 3 is 2.14 bits per heavy atom. The number of carbonyl (C=O) groups is 2. The molecule has 0 aliphatic rings. The highest BCUT2D eigenvalue weighted by Gasteiger charge is 2.25. The van der Waals surface area contributed by atoms with Crippen molar-refractivity contribution in [3.05, 3.63) is 89.9 Å². The summed E-state index contributed by atoms with van der Waals surface area (Å²) in [6.45, 7) is 6.17. The van der Waals surface area contributed by atoms with Gasteiger partial charge >= 0.3 is 0 Å². The largest absolute Gasteiger partial charge is 0.459 e. The Kier molecular flexibility index (Phi) is 8.84. The first kappa shape index (κ1) is 26.2. The summed E-state index contributed by atoms with van der Waals surface area (Å²) in [6.07, 6.45) is 1.69. The normalized spacial score (nSPS) is 13.3. The van der Waals surface area contributed by atoms with Crippen LogP contribution < -0.4 is 10.6 Å². The number of rotatable bonds is 11. The Balaban J connectivity index is 1.74. The molecule has 1 aromatic heterocycles. The maximum atomic E-state index is 13.2. The zero-order chi connectivity index (χ0) is 25.4. The Hall–Kier alpha value is -3.43. The minimum atomic E-state index is -3.56. The number of benzene rings is 2. The second kappa shape index (κ2) is 11.8. The smallest absolute Gasteiger partial charge is 0.287 e. The van der Waals surface area contributed by atoms with Gasteiger partial charge in [0.1, 0.15) is 6.04 Å². The van der Waals surface area contributed by atoms with Crippen LogP contribution in [0.25, 0.3) is 0 Å². The molecule has 2 atom stereocenters. The van der Waals surface area contributed by atoms with Crippen molar-refractivity contribution in [1.82, 2.24) is 14.9 Å². The molecule has 2 amide bonds. The van der Waals surface area contributed by atoms with E-state index < -0.39 is 28.0 Å². The average Bonchev–Trinajstić information content (AvgIpc) is 3.40. The molecule has 3 aromatic rings. The minimum absolute atomic E-state index is 0.119. The van der Waals surface area contributed by atoms with E-state index in [1.807, 2.05) is 30.3 Å². The fourth-order valence-electron chi connectivity index (χ4n) is 3.73. The van der Waals surface area contributed by atoms with Crippen LogP contribution in [0.1, 0.15) is 48.5 Å². The molecule has 0 spiro atoms. The Morgan fingerprint density at radius 2 is 1.57 bits per heavy atom. The van der Waals surface area contributed by atoms with Crippen LogP contribution in [-0.4, -0.2) is 43.7 Å². The summed E-state index contributed by atoms with van der Waals surface area (Å²) >= 11 is 0. The van der Waals surface area contributed by atoms with Gasteiger partial charge in [-0.05, 0) is 42.3 Å². The highest BCUT2D eigenvalue weighted by molar-refractivity contribution is 7.89. The lowest BCUT2D eigenvalue weighted by Gasteiger charge is -2.22. The van der Waals surface area contributed by atoms with Crippen LogP contribution in [0.4, 0.5) is 0 Å². The molecule has 1 heterocycles. The fraction of sp³-hybridized carbons (Fsp3) is 0.308. The van der Waals surface area contributed by atoms with Gasteiger partial charge in [-0.15, -0.1) is 0 Å². The Bertz CT molecular complexity index is 1210. The van der Waals surface area contributed by atoms with Crippen molar-refractivity contribution in [2.75, 3.05) is 13.1 Å². The van der Waals surface area contributed by atoms with E-state index >= 15 is 0 Å². The molecule has 2 N–H and O–H groups in total. The van der Waals surface area contributed by atoms with Crippen LogP contribution in [0, 0.1) is 0 Å². The first-order chi connectivity index (χ1) is 16.8. The maximum absolute atomic E-state index is 13.2. The number of nitrogens with zero attached hydrogens (tertiary/aromatic N) is 1. The maximum Gasteiger partial charge on any atom is 0.287 e. The molecule has 186 valence electrons. The SMILES string of the molecule is CCN(CC)S(=O)(=O)c1ccc([C@H](C)NC(=O)[C@@H](Cc2ccccc2)NC(=O)c2ccco2)cc1.